The van der Waals surface area contributed by atoms with Crippen molar-refractivity contribution in [2.75, 3.05) is 7.11 Å². The Hall–Kier alpha value is -1.02. The van der Waals surface area contributed by atoms with Crippen LogP contribution in [0, 0.1) is 23.7 Å². The monoisotopic (exact) mass is 258 g/mol. The third-order valence-corrected chi connectivity index (χ3v) is 5.99. The molecule has 0 radical (unpaired) electrons. The molecule has 19 heavy (non-hydrogen) atoms. The van der Waals surface area contributed by atoms with Gasteiger partial charge in [0.2, 0.25) is 0 Å². The Balaban J connectivity index is 1.81. The zero-order chi connectivity index (χ0) is 13.0. The maximum absolute atomic E-state index is 9.82. The third kappa shape index (κ3) is 1.53. The molecule has 0 heterocycles. The molecule has 0 amide bonds. The Morgan fingerprint density at radius 2 is 1.68 bits per heavy atom. The van der Waals surface area contributed by atoms with Crippen LogP contribution in [-0.4, -0.2) is 12.2 Å². The molecule has 1 aromatic carbocycles. The number of rotatable bonds is 2. The van der Waals surface area contributed by atoms with E-state index in [-0.39, 0.29) is 5.60 Å². The number of ether oxygens (including phenoxy) is 1. The molecule has 4 bridgehead atoms. The summed E-state index contributed by atoms with van der Waals surface area (Å²) in [5, 5.41) is 9.82. The molecule has 0 unspecified atom stereocenters. The average Bonchev–Trinajstić information content (AvgIpc) is 2.38. The highest BCUT2D eigenvalue weighted by molar-refractivity contribution is 5.34. The molecule has 4 aliphatic rings. The summed E-state index contributed by atoms with van der Waals surface area (Å²) in [6.45, 7) is 0. The first-order valence-electron chi connectivity index (χ1n) is 7.57. The van der Waals surface area contributed by atoms with Crippen molar-refractivity contribution in [2.24, 2.45) is 23.7 Å². The van der Waals surface area contributed by atoms with Crippen molar-refractivity contribution in [2.45, 2.75) is 37.7 Å². The first-order valence-corrected chi connectivity index (χ1v) is 7.57. The van der Waals surface area contributed by atoms with Crippen LogP contribution >= 0.6 is 0 Å². The van der Waals surface area contributed by atoms with Gasteiger partial charge in [0, 0.05) is 7.11 Å². The minimum Gasteiger partial charge on any atom is -0.508 e. The van der Waals surface area contributed by atoms with Crippen LogP contribution in [0.4, 0.5) is 0 Å². The van der Waals surface area contributed by atoms with Gasteiger partial charge in [0.1, 0.15) is 5.75 Å². The van der Waals surface area contributed by atoms with E-state index in [2.05, 4.69) is 6.07 Å². The van der Waals surface area contributed by atoms with E-state index in [1.54, 1.807) is 6.07 Å². The van der Waals surface area contributed by atoms with Crippen LogP contribution in [0.5, 0.6) is 5.75 Å². The molecule has 0 aliphatic heterocycles. The van der Waals surface area contributed by atoms with Gasteiger partial charge in [-0.15, -0.1) is 0 Å². The van der Waals surface area contributed by atoms with Crippen LogP contribution in [-0.2, 0) is 10.3 Å². The maximum Gasteiger partial charge on any atom is 0.115 e. The van der Waals surface area contributed by atoms with Crippen molar-refractivity contribution >= 4 is 0 Å². The van der Waals surface area contributed by atoms with E-state index in [1.807, 2.05) is 19.2 Å². The molecule has 1 aromatic rings. The maximum atomic E-state index is 9.82. The number of benzene rings is 1. The van der Waals surface area contributed by atoms with Gasteiger partial charge < -0.3 is 9.84 Å². The molecule has 4 saturated carbocycles. The van der Waals surface area contributed by atoms with Crippen molar-refractivity contribution in [3.8, 4) is 5.75 Å². The fraction of sp³-hybridized carbons (Fsp3) is 0.647. The zero-order valence-electron chi connectivity index (χ0n) is 11.5. The number of hydrogen-bond donors (Lipinski definition) is 1. The Morgan fingerprint density at radius 1 is 1.05 bits per heavy atom. The van der Waals surface area contributed by atoms with E-state index >= 15 is 0 Å². The fourth-order valence-electron chi connectivity index (χ4n) is 5.56. The largest absolute Gasteiger partial charge is 0.508 e. The van der Waals surface area contributed by atoms with Crippen LogP contribution in [0.15, 0.2) is 24.3 Å². The van der Waals surface area contributed by atoms with Crippen LogP contribution in [0.2, 0.25) is 0 Å². The highest BCUT2D eigenvalue weighted by Gasteiger charge is 2.58. The number of methoxy groups -OCH3 is 1. The van der Waals surface area contributed by atoms with Gasteiger partial charge in [-0.3, -0.25) is 0 Å². The van der Waals surface area contributed by atoms with Gasteiger partial charge in [0.25, 0.3) is 0 Å². The predicted octanol–water partition coefficient (Wildman–Crippen LogP) is 3.69. The summed E-state index contributed by atoms with van der Waals surface area (Å²) >= 11 is 0. The highest BCUT2D eigenvalue weighted by Crippen LogP contribution is 2.63. The predicted molar refractivity (Wildman–Crippen MR) is 73.8 cm³/mol. The van der Waals surface area contributed by atoms with Gasteiger partial charge in [0.05, 0.1) is 5.60 Å². The standard InChI is InChI=1S/C17H22O2/c1-19-17(13-3-2-4-16(18)10-13)14-6-11-5-12(8-14)9-15(17)7-11/h2-4,10-12,14-15,18H,5-9H2,1H3. The van der Waals surface area contributed by atoms with Crippen molar-refractivity contribution in [1.82, 2.24) is 0 Å². The first-order chi connectivity index (χ1) is 9.22. The third-order valence-electron chi connectivity index (χ3n) is 5.99. The van der Waals surface area contributed by atoms with Gasteiger partial charge in [-0.05, 0) is 73.5 Å². The lowest BCUT2D eigenvalue weighted by Crippen LogP contribution is -2.56. The highest BCUT2D eigenvalue weighted by atomic mass is 16.5. The van der Waals surface area contributed by atoms with Crippen molar-refractivity contribution in [1.29, 1.82) is 0 Å². The molecule has 2 nitrogen and oxygen atoms in total. The lowest BCUT2D eigenvalue weighted by atomic mass is 9.48. The molecule has 0 spiro atoms. The van der Waals surface area contributed by atoms with Crippen molar-refractivity contribution < 1.29 is 9.84 Å². The second-order valence-electron chi connectivity index (χ2n) is 6.85. The zero-order valence-corrected chi connectivity index (χ0v) is 11.5. The number of phenols is 1. The van der Waals surface area contributed by atoms with Gasteiger partial charge in [-0.2, -0.15) is 0 Å². The number of aromatic hydroxyl groups is 1. The second kappa shape index (κ2) is 3.99. The molecule has 4 fully saturated rings. The summed E-state index contributed by atoms with van der Waals surface area (Å²) in [6, 6.07) is 7.77. The van der Waals surface area contributed by atoms with Crippen LogP contribution in [0.1, 0.15) is 37.7 Å². The van der Waals surface area contributed by atoms with Crippen molar-refractivity contribution in [3.63, 3.8) is 0 Å². The Kier molecular flexibility index (Phi) is 2.47. The minimum atomic E-state index is -0.133. The van der Waals surface area contributed by atoms with Crippen LogP contribution in [0.3, 0.4) is 0 Å². The molecule has 0 aromatic heterocycles. The van der Waals surface area contributed by atoms with Gasteiger partial charge in [-0.1, -0.05) is 12.1 Å². The minimum absolute atomic E-state index is 0.133. The molecule has 5 rings (SSSR count). The van der Waals surface area contributed by atoms with E-state index in [1.165, 1.54) is 37.7 Å². The summed E-state index contributed by atoms with van der Waals surface area (Å²) in [4.78, 5) is 0. The Labute approximate surface area is 114 Å². The van der Waals surface area contributed by atoms with E-state index < -0.39 is 0 Å². The summed E-state index contributed by atoms with van der Waals surface area (Å²) in [5.41, 5.74) is 1.07. The summed E-state index contributed by atoms with van der Waals surface area (Å²) in [5.74, 6) is 3.53. The van der Waals surface area contributed by atoms with E-state index in [4.69, 9.17) is 4.74 Å². The fourth-order valence-corrected chi connectivity index (χ4v) is 5.56. The molecule has 1 N–H and O–H groups in total. The van der Waals surface area contributed by atoms with Gasteiger partial charge in [0.15, 0.2) is 0 Å². The Morgan fingerprint density at radius 3 is 2.21 bits per heavy atom. The number of hydrogen-bond acceptors (Lipinski definition) is 2. The molecule has 102 valence electrons. The Bertz CT molecular complexity index is 466. The topological polar surface area (TPSA) is 29.5 Å². The SMILES string of the molecule is COC1(c2cccc(O)c2)C2CC3CC(C2)CC1C3. The summed E-state index contributed by atoms with van der Waals surface area (Å²) < 4.78 is 6.14. The van der Waals surface area contributed by atoms with Crippen molar-refractivity contribution in [3.05, 3.63) is 29.8 Å². The quantitative estimate of drug-likeness (QED) is 0.876. The van der Waals surface area contributed by atoms with E-state index in [0.717, 1.165) is 11.8 Å². The number of phenolic OH excluding ortho intramolecular Hbond substituents is 1. The van der Waals surface area contributed by atoms with Gasteiger partial charge in [-0.25, -0.2) is 0 Å². The van der Waals surface area contributed by atoms with E-state index in [9.17, 15) is 5.11 Å². The average molecular weight is 258 g/mol. The molecular formula is C17H22O2. The van der Waals surface area contributed by atoms with Gasteiger partial charge >= 0.3 is 0 Å². The second-order valence-corrected chi connectivity index (χ2v) is 6.85. The van der Waals surface area contributed by atoms with Crippen LogP contribution < -0.4 is 0 Å². The molecule has 0 saturated heterocycles. The lowest BCUT2D eigenvalue weighted by Gasteiger charge is -2.60. The first kappa shape index (κ1) is 11.8. The molecular weight excluding hydrogens is 236 g/mol. The van der Waals surface area contributed by atoms with E-state index in [0.29, 0.717) is 17.6 Å². The molecule has 4 aliphatic carbocycles. The molecule has 0 atom stereocenters. The smallest absolute Gasteiger partial charge is 0.115 e. The summed E-state index contributed by atoms with van der Waals surface area (Å²) in [7, 11) is 1.87. The normalized spacial score (nSPS) is 43.6. The summed E-state index contributed by atoms with van der Waals surface area (Å²) in [6.07, 6.45) is 6.72. The lowest BCUT2D eigenvalue weighted by molar-refractivity contribution is -0.197. The molecule has 2 heteroatoms. The van der Waals surface area contributed by atoms with Crippen LogP contribution in [0.25, 0.3) is 0 Å².